The molecule has 0 bridgehead atoms. The van der Waals surface area contributed by atoms with E-state index in [4.69, 9.17) is 9.47 Å². The molecule has 0 saturated carbocycles. The molecule has 168 valence electrons. The van der Waals surface area contributed by atoms with Crippen LogP contribution in [0.4, 0.5) is 13.6 Å². The van der Waals surface area contributed by atoms with Crippen molar-refractivity contribution in [2.24, 2.45) is 0 Å². The molecule has 0 aliphatic carbocycles. The molecule has 0 aromatic heterocycles. The van der Waals surface area contributed by atoms with Crippen LogP contribution < -0.4 is 9.47 Å². The van der Waals surface area contributed by atoms with E-state index in [9.17, 15) is 18.4 Å². The number of nitrogens with zero attached hydrogens (tertiary/aromatic N) is 1. The second-order valence-electron chi connectivity index (χ2n) is 7.18. The highest BCUT2D eigenvalue weighted by Gasteiger charge is 2.35. The lowest BCUT2D eigenvalue weighted by Crippen LogP contribution is -2.27. The predicted octanol–water partition coefficient (Wildman–Crippen LogP) is 5.79. The average molecular weight is 467 g/mol. The van der Waals surface area contributed by atoms with Gasteiger partial charge in [-0.05, 0) is 59.3 Å². The Morgan fingerprint density at radius 2 is 1.73 bits per heavy atom. The van der Waals surface area contributed by atoms with Gasteiger partial charge in [0.2, 0.25) is 0 Å². The molecule has 1 aliphatic rings. The lowest BCUT2D eigenvalue weighted by atomic mass is 10.1. The maximum Gasteiger partial charge on any atom is 0.293 e. The van der Waals surface area contributed by atoms with Crippen LogP contribution in [0, 0.1) is 11.6 Å². The monoisotopic (exact) mass is 467 g/mol. The van der Waals surface area contributed by atoms with E-state index in [1.807, 2.05) is 0 Å². The van der Waals surface area contributed by atoms with Crippen molar-refractivity contribution in [2.45, 2.75) is 13.2 Å². The summed E-state index contributed by atoms with van der Waals surface area (Å²) < 4.78 is 38.2. The number of carbonyl (C=O) groups is 2. The van der Waals surface area contributed by atoms with Gasteiger partial charge in [-0.1, -0.05) is 36.4 Å². The lowest BCUT2D eigenvalue weighted by Gasteiger charge is -2.13. The number of rotatable bonds is 7. The van der Waals surface area contributed by atoms with Crippen LogP contribution in [0.15, 0.2) is 71.6 Å². The number of hydrogen-bond acceptors (Lipinski definition) is 5. The molecule has 33 heavy (non-hydrogen) atoms. The van der Waals surface area contributed by atoms with Crippen molar-refractivity contribution in [3.63, 3.8) is 0 Å². The number of amides is 2. The molecule has 1 heterocycles. The molecule has 2 amide bonds. The summed E-state index contributed by atoms with van der Waals surface area (Å²) in [5, 5.41) is -0.458. The van der Waals surface area contributed by atoms with E-state index in [1.165, 1.54) is 31.4 Å². The maximum absolute atomic E-state index is 13.9. The molecule has 0 N–H and O–H groups in total. The molecule has 0 radical (unpaired) electrons. The van der Waals surface area contributed by atoms with Crippen LogP contribution in [0.5, 0.6) is 11.5 Å². The third-order valence-corrected chi connectivity index (χ3v) is 5.86. The summed E-state index contributed by atoms with van der Waals surface area (Å²) in [6, 6.07) is 17.1. The largest absolute Gasteiger partial charge is 0.493 e. The number of thioether (sulfide) groups is 1. The minimum absolute atomic E-state index is 0.131. The van der Waals surface area contributed by atoms with Gasteiger partial charge in [-0.3, -0.25) is 14.5 Å². The summed E-state index contributed by atoms with van der Waals surface area (Å²) in [5.74, 6) is -0.354. The Balaban J connectivity index is 1.49. The normalized spacial score (nSPS) is 14.8. The van der Waals surface area contributed by atoms with Crippen LogP contribution in [0.25, 0.3) is 6.08 Å². The van der Waals surface area contributed by atoms with Gasteiger partial charge in [0, 0.05) is 5.56 Å². The number of hydrogen-bond donors (Lipinski definition) is 0. The molecule has 3 aromatic rings. The highest BCUT2D eigenvalue weighted by molar-refractivity contribution is 8.18. The SMILES string of the molecule is COc1cc(/C=C2\SC(=O)N(Cc3ccccc3F)C2=O)ccc1OCc1ccc(F)cc1. The van der Waals surface area contributed by atoms with Gasteiger partial charge >= 0.3 is 0 Å². The topological polar surface area (TPSA) is 55.8 Å². The van der Waals surface area contributed by atoms with E-state index < -0.39 is 17.0 Å². The number of halogens is 2. The molecule has 1 fully saturated rings. The summed E-state index contributed by atoms with van der Waals surface area (Å²) in [5.41, 5.74) is 1.70. The van der Waals surface area contributed by atoms with Crippen LogP contribution in [0.3, 0.4) is 0 Å². The van der Waals surface area contributed by atoms with Crippen LogP contribution in [-0.4, -0.2) is 23.2 Å². The van der Waals surface area contributed by atoms with Gasteiger partial charge in [0.15, 0.2) is 11.5 Å². The van der Waals surface area contributed by atoms with Gasteiger partial charge < -0.3 is 9.47 Å². The smallest absolute Gasteiger partial charge is 0.293 e. The number of methoxy groups -OCH3 is 1. The molecular formula is C25H19F2NO4S. The van der Waals surface area contributed by atoms with Gasteiger partial charge in [-0.2, -0.15) is 0 Å². The maximum atomic E-state index is 13.9. The Morgan fingerprint density at radius 3 is 2.45 bits per heavy atom. The first-order valence-corrected chi connectivity index (χ1v) is 10.8. The highest BCUT2D eigenvalue weighted by Crippen LogP contribution is 2.35. The van der Waals surface area contributed by atoms with Crippen molar-refractivity contribution in [3.8, 4) is 11.5 Å². The molecule has 4 rings (SSSR count). The zero-order valence-electron chi connectivity index (χ0n) is 17.6. The molecular weight excluding hydrogens is 448 g/mol. The Morgan fingerprint density at radius 1 is 0.970 bits per heavy atom. The summed E-state index contributed by atoms with van der Waals surface area (Å²) in [6.45, 7) is 0.0963. The summed E-state index contributed by atoms with van der Waals surface area (Å²) >= 11 is 0.801. The minimum Gasteiger partial charge on any atom is -0.493 e. The Labute approximate surface area is 193 Å². The van der Waals surface area contributed by atoms with Gasteiger partial charge in [0.05, 0.1) is 18.6 Å². The minimum atomic E-state index is -0.483. The van der Waals surface area contributed by atoms with Gasteiger partial charge in [0.1, 0.15) is 18.2 Å². The summed E-state index contributed by atoms with van der Waals surface area (Å²) in [6.07, 6.45) is 1.58. The molecule has 1 saturated heterocycles. The van der Waals surface area contributed by atoms with E-state index in [-0.39, 0.29) is 29.4 Å². The number of carbonyl (C=O) groups excluding carboxylic acids is 2. The Hall–Kier alpha value is -3.65. The molecule has 0 atom stereocenters. The third-order valence-electron chi connectivity index (χ3n) is 4.95. The highest BCUT2D eigenvalue weighted by atomic mass is 32.2. The van der Waals surface area contributed by atoms with E-state index in [0.717, 1.165) is 22.2 Å². The first-order chi connectivity index (χ1) is 15.9. The van der Waals surface area contributed by atoms with Crippen molar-refractivity contribution in [3.05, 3.63) is 100.0 Å². The van der Waals surface area contributed by atoms with Crippen molar-refractivity contribution in [1.82, 2.24) is 4.90 Å². The molecule has 0 unspecified atom stereocenters. The van der Waals surface area contributed by atoms with E-state index in [2.05, 4.69) is 0 Å². The molecule has 1 aliphatic heterocycles. The van der Waals surface area contributed by atoms with Crippen LogP contribution in [-0.2, 0) is 17.9 Å². The van der Waals surface area contributed by atoms with Crippen molar-refractivity contribution in [1.29, 1.82) is 0 Å². The Bertz CT molecular complexity index is 1230. The van der Waals surface area contributed by atoms with E-state index in [1.54, 1.807) is 48.5 Å². The van der Waals surface area contributed by atoms with E-state index in [0.29, 0.717) is 17.1 Å². The predicted molar refractivity (Wildman–Crippen MR) is 122 cm³/mol. The molecule has 8 heteroatoms. The lowest BCUT2D eigenvalue weighted by molar-refractivity contribution is -0.123. The van der Waals surface area contributed by atoms with Crippen molar-refractivity contribution >= 4 is 29.0 Å². The molecule has 3 aromatic carbocycles. The fourth-order valence-corrected chi connectivity index (χ4v) is 4.06. The fourth-order valence-electron chi connectivity index (χ4n) is 3.22. The van der Waals surface area contributed by atoms with Gasteiger partial charge in [-0.25, -0.2) is 8.78 Å². The standard InChI is InChI=1S/C25H19F2NO4S/c1-31-22-12-17(8-11-21(22)32-15-16-6-9-19(26)10-7-16)13-23-24(29)28(25(30)33-23)14-18-4-2-3-5-20(18)27/h2-13H,14-15H2,1H3/b23-13-. The van der Waals surface area contributed by atoms with E-state index >= 15 is 0 Å². The zero-order chi connectivity index (χ0) is 23.4. The first kappa shape index (κ1) is 22.5. The van der Waals surface area contributed by atoms with Crippen LogP contribution in [0.2, 0.25) is 0 Å². The first-order valence-electron chi connectivity index (χ1n) is 9.98. The summed E-state index contributed by atoms with van der Waals surface area (Å²) in [4.78, 5) is 26.4. The summed E-state index contributed by atoms with van der Waals surface area (Å²) in [7, 11) is 1.49. The fraction of sp³-hybridized carbons (Fsp3) is 0.120. The van der Waals surface area contributed by atoms with Crippen molar-refractivity contribution in [2.75, 3.05) is 7.11 Å². The Kier molecular flexibility index (Phi) is 6.74. The number of benzene rings is 3. The second kappa shape index (κ2) is 9.87. The zero-order valence-corrected chi connectivity index (χ0v) is 18.4. The molecule has 5 nitrogen and oxygen atoms in total. The van der Waals surface area contributed by atoms with Gasteiger partial charge in [0.25, 0.3) is 11.1 Å². The quantitative estimate of drug-likeness (QED) is 0.412. The van der Waals surface area contributed by atoms with Crippen molar-refractivity contribution < 1.29 is 27.8 Å². The number of ether oxygens (including phenoxy) is 2. The number of imide groups is 1. The van der Waals surface area contributed by atoms with Crippen LogP contribution >= 0.6 is 11.8 Å². The van der Waals surface area contributed by atoms with Crippen LogP contribution in [0.1, 0.15) is 16.7 Å². The van der Waals surface area contributed by atoms with Gasteiger partial charge in [-0.15, -0.1) is 0 Å². The average Bonchev–Trinajstić information content (AvgIpc) is 3.07. The molecule has 0 spiro atoms. The second-order valence-corrected chi connectivity index (χ2v) is 8.18. The third kappa shape index (κ3) is 5.23.